The second-order valence-corrected chi connectivity index (χ2v) is 5.86. The Labute approximate surface area is 146 Å². The number of para-hydroxylation sites is 1. The lowest BCUT2D eigenvalue weighted by Crippen LogP contribution is -2.30. The summed E-state index contributed by atoms with van der Waals surface area (Å²) in [6.45, 7) is 1.83. The number of hydrogen-bond acceptors (Lipinski definition) is 4. The summed E-state index contributed by atoms with van der Waals surface area (Å²) in [5, 5.41) is 12.9. The first-order valence-electron chi connectivity index (χ1n) is 8.09. The van der Waals surface area contributed by atoms with Gasteiger partial charge in [0.1, 0.15) is 5.75 Å². The summed E-state index contributed by atoms with van der Waals surface area (Å²) < 4.78 is 5.18. The van der Waals surface area contributed by atoms with Gasteiger partial charge in [0.2, 0.25) is 0 Å². The molecule has 128 valence electrons. The predicted molar refractivity (Wildman–Crippen MR) is 97.7 cm³/mol. The second kappa shape index (κ2) is 7.32. The minimum Gasteiger partial charge on any atom is -0.497 e. The van der Waals surface area contributed by atoms with E-state index in [2.05, 4.69) is 10.3 Å². The molecule has 0 aliphatic heterocycles. The zero-order chi connectivity index (χ0) is 17.8. The molecular formula is C20H20N2O3. The third kappa shape index (κ3) is 3.78. The van der Waals surface area contributed by atoms with Gasteiger partial charge >= 0.3 is 0 Å². The van der Waals surface area contributed by atoms with Crippen molar-refractivity contribution in [3.63, 3.8) is 0 Å². The van der Waals surface area contributed by atoms with Gasteiger partial charge in [-0.05, 0) is 43.3 Å². The zero-order valence-electron chi connectivity index (χ0n) is 14.2. The molecule has 0 bridgehead atoms. The van der Waals surface area contributed by atoms with Gasteiger partial charge in [-0.3, -0.25) is 4.79 Å². The molecule has 1 aromatic heterocycles. The van der Waals surface area contributed by atoms with Gasteiger partial charge in [-0.15, -0.1) is 0 Å². The third-order valence-corrected chi connectivity index (χ3v) is 3.90. The predicted octanol–water partition coefficient (Wildman–Crippen LogP) is 3.02. The SMILES string of the molecule is COc1ccc(-c2cc(C(=O)NCC(C)O)c3ccccc3n2)cc1. The number of pyridine rings is 1. The fourth-order valence-corrected chi connectivity index (χ4v) is 2.61. The number of benzene rings is 2. The van der Waals surface area contributed by atoms with Crippen molar-refractivity contribution in [2.24, 2.45) is 0 Å². The topological polar surface area (TPSA) is 71.5 Å². The van der Waals surface area contributed by atoms with E-state index in [0.29, 0.717) is 11.3 Å². The van der Waals surface area contributed by atoms with Crippen LogP contribution in [0, 0.1) is 0 Å². The van der Waals surface area contributed by atoms with Crippen molar-refractivity contribution in [3.05, 3.63) is 60.2 Å². The van der Waals surface area contributed by atoms with Crippen molar-refractivity contribution in [2.45, 2.75) is 13.0 Å². The minimum atomic E-state index is -0.599. The Morgan fingerprint density at radius 3 is 2.60 bits per heavy atom. The van der Waals surface area contributed by atoms with Gasteiger partial charge < -0.3 is 15.2 Å². The van der Waals surface area contributed by atoms with Crippen LogP contribution in [0.1, 0.15) is 17.3 Å². The minimum absolute atomic E-state index is 0.202. The van der Waals surface area contributed by atoms with Crippen LogP contribution < -0.4 is 10.1 Å². The third-order valence-electron chi connectivity index (χ3n) is 3.90. The maximum absolute atomic E-state index is 12.6. The molecule has 1 unspecified atom stereocenters. The monoisotopic (exact) mass is 336 g/mol. The fourth-order valence-electron chi connectivity index (χ4n) is 2.61. The van der Waals surface area contributed by atoms with Crippen LogP contribution >= 0.6 is 0 Å². The molecule has 3 aromatic rings. The summed E-state index contributed by atoms with van der Waals surface area (Å²) in [6.07, 6.45) is -0.599. The lowest BCUT2D eigenvalue weighted by atomic mass is 10.0. The highest BCUT2D eigenvalue weighted by molar-refractivity contribution is 6.07. The molecule has 2 N–H and O–H groups in total. The number of amides is 1. The van der Waals surface area contributed by atoms with E-state index >= 15 is 0 Å². The Kier molecular flexibility index (Phi) is 4.95. The fraction of sp³-hybridized carbons (Fsp3) is 0.200. The summed E-state index contributed by atoms with van der Waals surface area (Å²) in [5.41, 5.74) is 2.90. The molecule has 5 nitrogen and oxygen atoms in total. The number of aliphatic hydroxyl groups excluding tert-OH is 1. The first-order chi connectivity index (χ1) is 12.1. The molecule has 1 atom stereocenters. The molecule has 1 amide bonds. The van der Waals surface area contributed by atoms with E-state index in [1.165, 1.54) is 0 Å². The van der Waals surface area contributed by atoms with Crippen molar-refractivity contribution in [3.8, 4) is 17.0 Å². The molecule has 0 aliphatic rings. The van der Waals surface area contributed by atoms with Crippen LogP contribution in [0.4, 0.5) is 0 Å². The lowest BCUT2D eigenvalue weighted by molar-refractivity contribution is 0.0925. The standard InChI is InChI=1S/C20H20N2O3/c1-13(23)12-21-20(24)17-11-19(14-7-9-15(25-2)10-8-14)22-18-6-4-3-5-16(17)18/h3-11,13,23H,12H2,1-2H3,(H,21,24). The van der Waals surface area contributed by atoms with E-state index in [-0.39, 0.29) is 12.5 Å². The summed E-state index contributed by atoms with van der Waals surface area (Å²) in [5.74, 6) is 0.536. The van der Waals surface area contributed by atoms with Crippen molar-refractivity contribution in [1.29, 1.82) is 0 Å². The van der Waals surface area contributed by atoms with E-state index < -0.39 is 6.10 Å². The van der Waals surface area contributed by atoms with Gasteiger partial charge in [0.15, 0.2) is 0 Å². The number of carbonyl (C=O) groups is 1. The summed E-state index contributed by atoms with van der Waals surface area (Å²) in [6, 6.07) is 16.8. The molecule has 0 saturated heterocycles. The highest BCUT2D eigenvalue weighted by Gasteiger charge is 2.14. The van der Waals surface area contributed by atoms with Crippen molar-refractivity contribution >= 4 is 16.8 Å². The van der Waals surface area contributed by atoms with Crippen LogP contribution in [0.15, 0.2) is 54.6 Å². The molecule has 3 rings (SSSR count). The van der Waals surface area contributed by atoms with Crippen LogP contribution in [0.25, 0.3) is 22.2 Å². The van der Waals surface area contributed by atoms with Gasteiger partial charge in [-0.2, -0.15) is 0 Å². The highest BCUT2D eigenvalue weighted by atomic mass is 16.5. The molecule has 5 heteroatoms. The molecule has 0 fully saturated rings. The van der Waals surface area contributed by atoms with Crippen LogP contribution in [-0.4, -0.2) is 35.8 Å². The number of ether oxygens (including phenoxy) is 1. The summed E-state index contributed by atoms with van der Waals surface area (Å²) in [7, 11) is 1.62. The number of nitrogens with one attached hydrogen (secondary N) is 1. The molecule has 25 heavy (non-hydrogen) atoms. The molecule has 0 spiro atoms. The van der Waals surface area contributed by atoms with Gasteiger partial charge in [0.25, 0.3) is 5.91 Å². The number of aliphatic hydroxyl groups is 1. The lowest BCUT2D eigenvalue weighted by Gasteiger charge is -2.12. The number of aromatic nitrogens is 1. The Bertz CT molecular complexity index is 889. The second-order valence-electron chi connectivity index (χ2n) is 5.86. The van der Waals surface area contributed by atoms with Gasteiger partial charge in [-0.25, -0.2) is 4.98 Å². The maximum atomic E-state index is 12.6. The zero-order valence-corrected chi connectivity index (χ0v) is 14.2. The largest absolute Gasteiger partial charge is 0.497 e. The smallest absolute Gasteiger partial charge is 0.252 e. The molecule has 0 saturated carbocycles. The van der Waals surface area contributed by atoms with Crippen LogP contribution in [-0.2, 0) is 0 Å². The molecule has 0 aliphatic carbocycles. The average molecular weight is 336 g/mol. The number of fused-ring (bicyclic) bond motifs is 1. The Morgan fingerprint density at radius 2 is 1.92 bits per heavy atom. The number of methoxy groups -OCH3 is 1. The Morgan fingerprint density at radius 1 is 1.20 bits per heavy atom. The number of hydrogen-bond donors (Lipinski definition) is 2. The number of rotatable bonds is 5. The van der Waals surface area contributed by atoms with Crippen LogP contribution in [0.5, 0.6) is 5.75 Å². The molecule has 1 heterocycles. The van der Waals surface area contributed by atoms with E-state index in [9.17, 15) is 9.90 Å². The maximum Gasteiger partial charge on any atom is 0.252 e. The summed E-state index contributed by atoms with van der Waals surface area (Å²) in [4.78, 5) is 17.2. The van der Waals surface area contributed by atoms with Crippen molar-refractivity contribution in [1.82, 2.24) is 10.3 Å². The Hall–Kier alpha value is -2.92. The van der Waals surface area contributed by atoms with E-state index in [0.717, 1.165) is 22.2 Å². The average Bonchev–Trinajstić information content (AvgIpc) is 2.65. The normalized spacial score (nSPS) is 12.0. The molecule has 2 aromatic carbocycles. The molecular weight excluding hydrogens is 316 g/mol. The molecule has 0 radical (unpaired) electrons. The van der Waals surface area contributed by atoms with E-state index in [1.807, 2.05) is 48.5 Å². The van der Waals surface area contributed by atoms with Crippen molar-refractivity contribution in [2.75, 3.05) is 13.7 Å². The van der Waals surface area contributed by atoms with Crippen molar-refractivity contribution < 1.29 is 14.6 Å². The number of nitrogens with zero attached hydrogens (tertiary/aromatic N) is 1. The van der Waals surface area contributed by atoms with Gasteiger partial charge in [0, 0.05) is 17.5 Å². The Balaban J connectivity index is 2.06. The summed E-state index contributed by atoms with van der Waals surface area (Å²) >= 11 is 0. The van der Waals surface area contributed by atoms with Gasteiger partial charge in [-0.1, -0.05) is 18.2 Å². The van der Waals surface area contributed by atoms with Crippen LogP contribution in [0.2, 0.25) is 0 Å². The number of carbonyl (C=O) groups excluding carboxylic acids is 1. The van der Waals surface area contributed by atoms with E-state index in [1.54, 1.807) is 20.1 Å². The van der Waals surface area contributed by atoms with E-state index in [4.69, 9.17) is 4.74 Å². The highest BCUT2D eigenvalue weighted by Crippen LogP contribution is 2.26. The van der Waals surface area contributed by atoms with Crippen LogP contribution in [0.3, 0.4) is 0 Å². The quantitative estimate of drug-likeness (QED) is 0.751. The first kappa shape index (κ1) is 16.9. The van der Waals surface area contributed by atoms with Gasteiger partial charge in [0.05, 0.1) is 30.0 Å². The first-order valence-corrected chi connectivity index (χ1v) is 8.09.